The minimum atomic E-state index is -4.55. The highest BCUT2D eigenvalue weighted by Gasteiger charge is 2.36. The standard InChI is InChI=1S/C7H12F3NO2/c1-6(12)4-11(5-6)2-3-13-7(8,9)10/h12H,2-5H2,1H3. The number of hydrogen-bond acceptors (Lipinski definition) is 3. The predicted octanol–water partition coefficient (Wildman–Crippen LogP) is 0.589. The summed E-state index contributed by atoms with van der Waals surface area (Å²) in [7, 11) is 0. The van der Waals surface area contributed by atoms with E-state index in [0.29, 0.717) is 13.1 Å². The van der Waals surface area contributed by atoms with Crippen LogP contribution in [0.5, 0.6) is 0 Å². The van der Waals surface area contributed by atoms with Crippen LogP contribution in [0.4, 0.5) is 13.2 Å². The molecular weight excluding hydrogens is 187 g/mol. The van der Waals surface area contributed by atoms with Gasteiger partial charge in [-0.15, -0.1) is 13.2 Å². The van der Waals surface area contributed by atoms with Gasteiger partial charge in [0.1, 0.15) is 0 Å². The largest absolute Gasteiger partial charge is 0.522 e. The van der Waals surface area contributed by atoms with Crippen LogP contribution in [0.1, 0.15) is 6.92 Å². The Kier molecular flexibility index (Phi) is 2.84. The molecule has 0 unspecified atom stereocenters. The van der Waals surface area contributed by atoms with Gasteiger partial charge in [0.15, 0.2) is 0 Å². The number of aliphatic hydroxyl groups is 1. The molecule has 0 amide bonds. The van der Waals surface area contributed by atoms with E-state index in [0.717, 1.165) is 0 Å². The molecule has 0 aromatic heterocycles. The van der Waals surface area contributed by atoms with E-state index < -0.39 is 12.0 Å². The van der Waals surface area contributed by atoms with Gasteiger partial charge in [0.2, 0.25) is 0 Å². The van der Waals surface area contributed by atoms with Gasteiger partial charge < -0.3 is 5.11 Å². The summed E-state index contributed by atoms with van der Waals surface area (Å²) in [6, 6.07) is 0. The van der Waals surface area contributed by atoms with Gasteiger partial charge in [0, 0.05) is 19.6 Å². The van der Waals surface area contributed by atoms with E-state index >= 15 is 0 Å². The van der Waals surface area contributed by atoms with E-state index in [9.17, 15) is 18.3 Å². The maximum atomic E-state index is 11.5. The van der Waals surface area contributed by atoms with Gasteiger partial charge in [-0.25, -0.2) is 0 Å². The van der Waals surface area contributed by atoms with Gasteiger partial charge in [-0.1, -0.05) is 0 Å². The van der Waals surface area contributed by atoms with Crippen molar-refractivity contribution in [2.75, 3.05) is 26.2 Å². The zero-order valence-corrected chi connectivity index (χ0v) is 7.26. The van der Waals surface area contributed by atoms with Gasteiger partial charge in [0.05, 0.1) is 12.2 Å². The molecule has 0 aromatic rings. The zero-order chi connectivity index (χ0) is 10.1. The third kappa shape index (κ3) is 3.93. The summed E-state index contributed by atoms with van der Waals surface area (Å²) in [5, 5.41) is 9.24. The van der Waals surface area contributed by atoms with Crippen molar-refractivity contribution in [2.45, 2.75) is 18.9 Å². The lowest BCUT2D eigenvalue weighted by Crippen LogP contribution is -2.60. The average molecular weight is 199 g/mol. The Morgan fingerprint density at radius 3 is 2.38 bits per heavy atom. The van der Waals surface area contributed by atoms with Crippen molar-refractivity contribution in [1.29, 1.82) is 0 Å². The van der Waals surface area contributed by atoms with Crippen LogP contribution in [0, 0.1) is 0 Å². The van der Waals surface area contributed by atoms with E-state index in [1.54, 1.807) is 11.8 Å². The van der Waals surface area contributed by atoms with Crippen molar-refractivity contribution in [3.05, 3.63) is 0 Å². The van der Waals surface area contributed by atoms with Gasteiger partial charge in [-0.3, -0.25) is 9.64 Å². The van der Waals surface area contributed by atoms with Crippen LogP contribution in [0.15, 0.2) is 0 Å². The molecule has 0 aliphatic carbocycles. The van der Waals surface area contributed by atoms with Gasteiger partial charge in [0.25, 0.3) is 0 Å². The summed E-state index contributed by atoms with van der Waals surface area (Å²) in [5.41, 5.74) is -0.738. The number of likely N-dealkylation sites (tertiary alicyclic amines) is 1. The van der Waals surface area contributed by atoms with E-state index in [1.807, 2.05) is 0 Å². The Balaban J connectivity index is 2.03. The molecule has 1 heterocycles. The van der Waals surface area contributed by atoms with Crippen molar-refractivity contribution >= 4 is 0 Å². The smallest absolute Gasteiger partial charge is 0.388 e. The highest BCUT2D eigenvalue weighted by Crippen LogP contribution is 2.20. The number of nitrogens with zero attached hydrogens (tertiary/aromatic N) is 1. The van der Waals surface area contributed by atoms with E-state index in [4.69, 9.17) is 0 Å². The summed E-state index contributed by atoms with van der Waals surface area (Å²) < 4.78 is 38.1. The maximum Gasteiger partial charge on any atom is 0.522 e. The van der Waals surface area contributed by atoms with Crippen molar-refractivity contribution in [1.82, 2.24) is 4.90 Å². The molecule has 0 bridgehead atoms. The topological polar surface area (TPSA) is 32.7 Å². The number of β-amino-alcohol motifs (C(OH)–C–C–N with tert-alkyl or cyclic N) is 1. The van der Waals surface area contributed by atoms with E-state index in [1.165, 1.54) is 0 Å². The Bertz CT molecular complexity index is 173. The molecule has 0 spiro atoms. The number of alkyl halides is 3. The van der Waals surface area contributed by atoms with Crippen molar-refractivity contribution in [3.8, 4) is 0 Å². The van der Waals surface area contributed by atoms with Crippen molar-refractivity contribution < 1.29 is 23.0 Å². The lowest BCUT2D eigenvalue weighted by atomic mass is 9.97. The molecule has 1 rings (SSSR count). The summed E-state index contributed by atoms with van der Waals surface area (Å²) in [6.07, 6.45) is -4.55. The second-order valence-corrected chi connectivity index (χ2v) is 3.50. The summed E-state index contributed by atoms with van der Waals surface area (Å²) in [4.78, 5) is 1.70. The SMILES string of the molecule is CC1(O)CN(CCOC(F)(F)F)C1. The van der Waals surface area contributed by atoms with Crippen LogP contribution in [0.3, 0.4) is 0 Å². The fourth-order valence-electron chi connectivity index (χ4n) is 1.37. The summed E-state index contributed by atoms with van der Waals surface area (Å²) in [6.45, 7) is 2.30. The first-order valence-corrected chi connectivity index (χ1v) is 3.94. The van der Waals surface area contributed by atoms with Crippen LogP contribution >= 0.6 is 0 Å². The molecule has 0 radical (unpaired) electrons. The molecule has 1 fully saturated rings. The third-order valence-electron chi connectivity index (χ3n) is 1.80. The van der Waals surface area contributed by atoms with E-state index in [-0.39, 0.29) is 13.2 Å². The number of hydrogen-bond donors (Lipinski definition) is 1. The van der Waals surface area contributed by atoms with Crippen molar-refractivity contribution in [3.63, 3.8) is 0 Å². The number of halogens is 3. The number of ether oxygens (including phenoxy) is 1. The Hall–Kier alpha value is -0.330. The van der Waals surface area contributed by atoms with Gasteiger partial charge >= 0.3 is 6.36 Å². The Morgan fingerprint density at radius 2 is 2.00 bits per heavy atom. The third-order valence-corrected chi connectivity index (χ3v) is 1.80. The highest BCUT2D eigenvalue weighted by molar-refractivity contribution is 4.90. The van der Waals surface area contributed by atoms with Crippen LogP contribution in [0.25, 0.3) is 0 Å². The lowest BCUT2D eigenvalue weighted by Gasteiger charge is -2.44. The fourth-order valence-corrected chi connectivity index (χ4v) is 1.37. The van der Waals surface area contributed by atoms with E-state index in [2.05, 4.69) is 4.74 Å². The molecule has 1 N–H and O–H groups in total. The summed E-state index contributed by atoms with van der Waals surface area (Å²) in [5.74, 6) is 0. The number of rotatable bonds is 3. The second kappa shape index (κ2) is 3.43. The first kappa shape index (κ1) is 10.7. The molecule has 0 aromatic carbocycles. The molecule has 3 nitrogen and oxygen atoms in total. The molecule has 6 heteroatoms. The molecule has 78 valence electrons. The monoisotopic (exact) mass is 199 g/mol. The molecule has 0 saturated carbocycles. The average Bonchev–Trinajstić information content (AvgIpc) is 1.79. The molecule has 0 atom stereocenters. The minimum absolute atomic E-state index is 0.204. The first-order chi connectivity index (χ1) is 5.79. The molecule has 13 heavy (non-hydrogen) atoms. The van der Waals surface area contributed by atoms with Crippen LogP contribution in [-0.2, 0) is 4.74 Å². The van der Waals surface area contributed by atoms with Crippen LogP contribution in [0.2, 0.25) is 0 Å². The Labute approximate surface area is 74.1 Å². The first-order valence-electron chi connectivity index (χ1n) is 3.94. The highest BCUT2D eigenvalue weighted by atomic mass is 19.4. The Morgan fingerprint density at radius 1 is 1.46 bits per heavy atom. The van der Waals surface area contributed by atoms with Crippen LogP contribution in [-0.4, -0.2) is 48.2 Å². The maximum absolute atomic E-state index is 11.5. The fraction of sp³-hybridized carbons (Fsp3) is 1.00. The van der Waals surface area contributed by atoms with Gasteiger partial charge in [-0.2, -0.15) is 0 Å². The lowest BCUT2D eigenvalue weighted by molar-refractivity contribution is -0.326. The van der Waals surface area contributed by atoms with Gasteiger partial charge in [-0.05, 0) is 6.92 Å². The summed E-state index contributed by atoms with van der Waals surface area (Å²) >= 11 is 0. The predicted molar refractivity (Wildman–Crippen MR) is 39.1 cm³/mol. The quantitative estimate of drug-likeness (QED) is 0.722. The molecular formula is C7H12F3NO2. The molecule has 1 saturated heterocycles. The molecule has 1 aliphatic heterocycles. The van der Waals surface area contributed by atoms with Crippen molar-refractivity contribution in [2.24, 2.45) is 0 Å². The normalized spacial score (nSPS) is 22.8. The molecule has 1 aliphatic rings. The zero-order valence-electron chi connectivity index (χ0n) is 7.26. The second-order valence-electron chi connectivity index (χ2n) is 3.50. The minimum Gasteiger partial charge on any atom is -0.388 e. The van der Waals surface area contributed by atoms with Crippen LogP contribution < -0.4 is 0 Å².